The van der Waals surface area contributed by atoms with E-state index in [1.54, 1.807) is 0 Å². The minimum absolute atomic E-state index is 0.0239. The zero-order valence-corrected chi connectivity index (χ0v) is 18.0. The van der Waals surface area contributed by atoms with E-state index in [0.717, 1.165) is 6.92 Å². The summed E-state index contributed by atoms with van der Waals surface area (Å²) in [6, 6.07) is 4.68. The number of carbonyl (C=O) groups is 5. The van der Waals surface area contributed by atoms with E-state index in [0.29, 0.717) is 11.3 Å². The summed E-state index contributed by atoms with van der Waals surface area (Å²) in [7, 11) is 1.44. The minimum Gasteiger partial charge on any atom is -0.478 e. The van der Waals surface area contributed by atoms with Crippen LogP contribution in [0.2, 0.25) is 0 Å². The second kappa shape index (κ2) is 9.83. The van der Waals surface area contributed by atoms with Gasteiger partial charge in [-0.15, -0.1) is 11.8 Å². The van der Waals surface area contributed by atoms with E-state index in [2.05, 4.69) is 10.1 Å². The Morgan fingerprint density at radius 3 is 2.50 bits per heavy atom. The predicted octanol–water partition coefficient (Wildman–Crippen LogP) is 0.363. The fourth-order valence-electron chi connectivity index (χ4n) is 3.28. The van der Waals surface area contributed by atoms with Gasteiger partial charge in [0.05, 0.1) is 17.7 Å². The van der Waals surface area contributed by atoms with E-state index < -0.39 is 47.9 Å². The molecular formula is C20H20N2O9S. The lowest BCUT2D eigenvalue weighted by Crippen LogP contribution is -2.70. The Morgan fingerprint density at radius 2 is 1.88 bits per heavy atom. The van der Waals surface area contributed by atoms with Gasteiger partial charge in [-0.05, 0) is 17.7 Å². The molecule has 2 aliphatic heterocycles. The van der Waals surface area contributed by atoms with Gasteiger partial charge in [-0.3, -0.25) is 19.3 Å². The van der Waals surface area contributed by atoms with Gasteiger partial charge < -0.3 is 24.6 Å². The van der Waals surface area contributed by atoms with Gasteiger partial charge in [-0.2, -0.15) is 0 Å². The van der Waals surface area contributed by atoms with Crippen LogP contribution >= 0.6 is 11.8 Å². The summed E-state index contributed by atoms with van der Waals surface area (Å²) in [6.07, 6.45) is 0. The molecule has 0 saturated carbocycles. The zero-order valence-electron chi connectivity index (χ0n) is 17.2. The molecular weight excluding hydrogens is 444 g/mol. The molecule has 2 atom stereocenters. The Labute approximate surface area is 186 Å². The van der Waals surface area contributed by atoms with Gasteiger partial charge >= 0.3 is 17.9 Å². The highest BCUT2D eigenvalue weighted by atomic mass is 32.2. The van der Waals surface area contributed by atoms with Crippen LogP contribution < -0.4 is 5.32 Å². The lowest BCUT2D eigenvalue weighted by Gasteiger charge is -2.49. The molecule has 11 nitrogen and oxygen atoms in total. The second-order valence-corrected chi connectivity index (χ2v) is 7.89. The molecule has 0 aliphatic carbocycles. The van der Waals surface area contributed by atoms with Crippen LogP contribution in [-0.2, 0) is 28.6 Å². The first-order valence-corrected chi connectivity index (χ1v) is 10.4. The number of carboxylic acid groups (broad SMARTS) is 1. The van der Waals surface area contributed by atoms with Crippen LogP contribution in [0.4, 0.5) is 0 Å². The van der Waals surface area contributed by atoms with E-state index in [1.165, 1.54) is 48.0 Å². The number of nitrogens with one attached hydrogen (secondary N) is 1. The van der Waals surface area contributed by atoms with E-state index in [-0.39, 0.29) is 23.4 Å². The van der Waals surface area contributed by atoms with Crippen molar-refractivity contribution >= 4 is 41.5 Å². The number of methoxy groups -OCH3 is 1. The number of esters is 2. The van der Waals surface area contributed by atoms with E-state index in [4.69, 9.17) is 9.47 Å². The molecule has 0 aromatic heterocycles. The molecule has 3 rings (SSSR count). The topological polar surface area (TPSA) is 149 Å². The molecule has 1 aromatic carbocycles. The number of amides is 2. The molecule has 1 aromatic rings. The Hall–Kier alpha value is -3.38. The number of hydrogen-bond acceptors (Lipinski definition) is 9. The molecule has 12 heteroatoms. The van der Waals surface area contributed by atoms with Crippen molar-refractivity contribution in [3.63, 3.8) is 0 Å². The van der Waals surface area contributed by atoms with Gasteiger partial charge in [0.25, 0.3) is 11.8 Å². The largest absolute Gasteiger partial charge is 0.478 e. The maximum absolute atomic E-state index is 12.8. The highest BCUT2D eigenvalue weighted by molar-refractivity contribution is 8.00. The number of thioether (sulfide) groups is 1. The van der Waals surface area contributed by atoms with Gasteiger partial charge in [0, 0.05) is 19.8 Å². The standard InChI is InChI=1S/C20H20N2O9S/c1-10(23)30-9-31-20(28)15-11(7-29-2)8-32-18-14(17(25)22(15)18)21-16(24)12-5-3-4-6-13(12)19(26)27/h3-6,14,18H,7-9H2,1-2H3,(H,21,24)(H,26,27)/t14?,18-/m1/s1. The smallest absolute Gasteiger partial charge is 0.358 e. The summed E-state index contributed by atoms with van der Waals surface area (Å²) in [6.45, 7) is 0.625. The van der Waals surface area contributed by atoms with Gasteiger partial charge in [0.2, 0.25) is 6.79 Å². The van der Waals surface area contributed by atoms with Crippen molar-refractivity contribution in [3.05, 3.63) is 46.7 Å². The lowest BCUT2D eigenvalue weighted by atomic mass is 10.0. The molecule has 1 saturated heterocycles. The molecule has 0 bridgehead atoms. The van der Waals surface area contributed by atoms with Crippen LogP contribution in [0.5, 0.6) is 0 Å². The Balaban J connectivity index is 1.77. The molecule has 2 aliphatic rings. The minimum atomic E-state index is -1.27. The van der Waals surface area contributed by atoms with Crippen LogP contribution in [-0.4, -0.2) is 77.4 Å². The number of hydrogen-bond donors (Lipinski definition) is 2. The number of benzene rings is 1. The lowest BCUT2D eigenvalue weighted by molar-refractivity contribution is -0.166. The van der Waals surface area contributed by atoms with E-state index >= 15 is 0 Å². The molecule has 2 N–H and O–H groups in total. The van der Waals surface area contributed by atoms with Crippen molar-refractivity contribution in [3.8, 4) is 0 Å². The molecule has 1 unspecified atom stereocenters. The molecule has 2 amide bonds. The number of ether oxygens (including phenoxy) is 3. The molecule has 32 heavy (non-hydrogen) atoms. The van der Waals surface area contributed by atoms with Gasteiger partial charge in [-0.25, -0.2) is 9.59 Å². The number of carbonyl (C=O) groups excluding carboxylic acids is 4. The van der Waals surface area contributed by atoms with Crippen molar-refractivity contribution < 1.29 is 43.3 Å². The van der Waals surface area contributed by atoms with Gasteiger partial charge in [0.1, 0.15) is 17.1 Å². The van der Waals surface area contributed by atoms with Crippen LogP contribution in [0, 0.1) is 0 Å². The molecule has 2 heterocycles. The van der Waals surface area contributed by atoms with Crippen molar-refractivity contribution in [2.45, 2.75) is 18.3 Å². The Kier molecular flexibility index (Phi) is 7.15. The average Bonchev–Trinajstić information content (AvgIpc) is 2.76. The van der Waals surface area contributed by atoms with Crippen molar-refractivity contribution in [1.82, 2.24) is 10.2 Å². The van der Waals surface area contributed by atoms with Crippen LogP contribution in [0.3, 0.4) is 0 Å². The summed E-state index contributed by atoms with van der Waals surface area (Å²) in [5.41, 5.74) is 0.214. The summed E-state index contributed by atoms with van der Waals surface area (Å²) in [5.74, 6) is -3.71. The first-order valence-electron chi connectivity index (χ1n) is 9.35. The third-order valence-corrected chi connectivity index (χ3v) is 6.04. The Bertz CT molecular complexity index is 1010. The molecule has 170 valence electrons. The normalized spacial score (nSPS) is 19.6. The van der Waals surface area contributed by atoms with Crippen molar-refractivity contribution in [2.75, 3.05) is 26.3 Å². The van der Waals surface area contributed by atoms with E-state index in [1.807, 2.05) is 0 Å². The SMILES string of the molecule is COCC1=C(C(=O)OCOC(C)=O)N2C(=O)C(NC(=O)c3ccccc3C(=O)O)[C@H]2SC1. The fourth-order valence-corrected chi connectivity index (χ4v) is 4.61. The summed E-state index contributed by atoms with van der Waals surface area (Å²) in [5, 5.41) is 11.2. The number of aromatic carboxylic acids is 1. The van der Waals surface area contributed by atoms with Crippen molar-refractivity contribution in [2.24, 2.45) is 0 Å². The highest BCUT2D eigenvalue weighted by Crippen LogP contribution is 2.40. The summed E-state index contributed by atoms with van der Waals surface area (Å²) >= 11 is 1.31. The Morgan fingerprint density at radius 1 is 1.19 bits per heavy atom. The zero-order chi connectivity index (χ0) is 23.4. The van der Waals surface area contributed by atoms with Crippen LogP contribution in [0.1, 0.15) is 27.6 Å². The maximum atomic E-state index is 12.8. The quantitative estimate of drug-likeness (QED) is 0.314. The molecule has 0 radical (unpaired) electrons. The number of carboxylic acids is 1. The predicted molar refractivity (Wildman–Crippen MR) is 109 cm³/mol. The fraction of sp³-hybridized carbons (Fsp3) is 0.350. The van der Waals surface area contributed by atoms with Gasteiger partial charge in [0.15, 0.2) is 0 Å². The molecule has 1 fully saturated rings. The number of β-lactam (4-membered cyclic amide) rings is 1. The van der Waals surface area contributed by atoms with Gasteiger partial charge in [-0.1, -0.05) is 12.1 Å². The third-order valence-electron chi connectivity index (χ3n) is 4.70. The molecule has 0 spiro atoms. The average molecular weight is 464 g/mol. The third kappa shape index (κ3) is 4.60. The summed E-state index contributed by atoms with van der Waals surface area (Å²) in [4.78, 5) is 61.5. The first-order chi connectivity index (χ1) is 15.3. The van der Waals surface area contributed by atoms with Crippen LogP contribution in [0.25, 0.3) is 0 Å². The highest BCUT2D eigenvalue weighted by Gasteiger charge is 2.54. The number of fused-ring (bicyclic) bond motifs is 1. The monoisotopic (exact) mass is 464 g/mol. The first kappa shape index (κ1) is 23.3. The number of nitrogens with zero attached hydrogens (tertiary/aromatic N) is 1. The maximum Gasteiger partial charge on any atom is 0.358 e. The second-order valence-electron chi connectivity index (χ2n) is 6.78. The van der Waals surface area contributed by atoms with Crippen molar-refractivity contribution in [1.29, 1.82) is 0 Å². The van der Waals surface area contributed by atoms with Crippen LogP contribution in [0.15, 0.2) is 35.5 Å². The summed E-state index contributed by atoms with van der Waals surface area (Å²) < 4.78 is 14.7. The number of rotatable bonds is 8. The van der Waals surface area contributed by atoms with E-state index in [9.17, 15) is 29.1 Å².